The van der Waals surface area contributed by atoms with Crippen molar-refractivity contribution in [1.82, 2.24) is 15.5 Å². The van der Waals surface area contributed by atoms with Gasteiger partial charge >= 0.3 is 6.09 Å². The summed E-state index contributed by atoms with van der Waals surface area (Å²) >= 11 is 0. The summed E-state index contributed by atoms with van der Waals surface area (Å²) in [5.74, 6) is -1.69. The van der Waals surface area contributed by atoms with Gasteiger partial charge in [0.15, 0.2) is 6.04 Å². The summed E-state index contributed by atoms with van der Waals surface area (Å²) in [6, 6.07) is 3.88. The second-order valence-corrected chi connectivity index (χ2v) is 8.83. The molecular weight excluding hydrogens is 426 g/mol. The predicted octanol–water partition coefficient (Wildman–Crippen LogP) is 2.35. The number of phenols is 1. The van der Waals surface area contributed by atoms with Gasteiger partial charge in [-0.05, 0) is 46.6 Å². The lowest BCUT2D eigenvalue weighted by Crippen LogP contribution is -2.53. The zero-order valence-corrected chi connectivity index (χ0v) is 20.1. The fourth-order valence-corrected chi connectivity index (χ4v) is 3.20. The smallest absolute Gasteiger partial charge is 0.408 e. The molecule has 3 unspecified atom stereocenters. The van der Waals surface area contributed by atoms with Gasteiger partial charge in [-0.2, -0.15) is 0 Å². The number of phenolic OH excluding ortho intramolecular Hbond substituents is 1. The van der Waals surface area contributed by atoms with Gasteiger partial charge in [0.25, 0.3) is 5.91 Å². The number of carbonyl (C=O) groups is 3. The van der Waals surface area contributed by atoms with Crippen molar-refractivity contribution >= 4 is 17.9 Å². The number of aryl methyl sites for hydroxylation is 1. The average Bonchev–Trinajstić information content (AvgIpc) is 2.70. The summed E-state index contributed by atoms with van der Waals surface area (Å²) < 4.78 is 5.14. The molecule has 4 N–H and O–H groups in total. The van der Waals surface area contributed by atoms with Crippen LogP contribution in [0.25, 0.3) is 0 Å². The van der Waals surface area contributed by atoms with Gasteiger partial charge in [0.05, 0.1) is 6.61 Å². The van der Waals surface area contributed by atoms with E-state index < -0.39 is 42.2 Å². The lowest BCUT2D eigenvalue weighted by atomic mass is 9.99. The SMILES string of the molecule is C#CN(C(=O)C(CO)NC(=O)OC(C)(C)C)C(C(=O)NC(C)CCC)c1cccc(C)c1O. The van der Waals surface area contributed by atoms with Gasteiger partial charge in [-0.1, -0.05) is 38.0 Å². The van der Waals surface area contributed by atoms with Crippen LogP contribution in [0.3, 0.4) is 0 Å². The van der Waals surface area contributed by atoms with Crippen LogP contribution in [0.15, 0.2) is 18.2 Å². The minimum absolute atomic E-state index is 0.122. The summed E-state index contributed by atoms with van der Waals surface area (Å²) in [6.45, 7) is 9.60. The fraction of sp³-hybridized carbons (Fsp3) is 0.542. The number of ether oxygens (including phenoxy) is 1. The Morgan fingerprint density at radius 3 is 2.39 bits per heavy atom. The summed E-state index contributed by atoms with van der Waals surface area (Å²) in [6.07, 6.45) is 6.21. The molecule has 1 rings (SSSR count). The van der Waals surface area contributed by atoms with Crippen LogP contribution in [0.1, 0.15) is 64.6 Å². The van der Waals surface area contributed by atoms with Crippen LogP contribution < -0.4 is 10.6 Å². The highest BCUT2D eigenvalue weighted by atomic mass is 16.6. The molecule has 9 heteroatoms. The molecule has 0 aliphatic carbocycles. The standard InChI is InChI=1S/C24H35N3O6/c1-8-11-16(4)25-21(30)19(17-13-10-12-15(3)20(17)29)27(9-2)22(31)18(14-28)26-23(32)33-24(5,6)7/h2,10,12-13,16,18-19,28-29H,8,11,14H2,1,3-7H3,(H,25,30)(H,26,32). The number of aliphatic hydroxyl groups is 1. The van der Waals surface area contributed by atoms with Crippen molar-refractivity contribution in [3.63, 3.8) is 0 Å². The van der Waals surface area contributed by atoms with Crippen LogP contribution in [0.5, 0.6) is 5.75 Å². The van der Waals surface area contributed by atoms with E-state index in [2.05, 4.69) is 16.7 Å². The molecule has 1 aromatic rings. The Morgan fingerprint density at radius 1 is 1.24 bits per heavy atom. The molecule has 1 aromatic carbocycles. The zero-order valence-electron chi connectivity index (χ0n) is 20.1. The van der Waals surface area contributed by atoms with E-state index in [1.807, 2.05) is 13.8 Å². The van der Waals surface area contributed by atoms with E-state index >= 15 is 0 Å². The molecule has 182 valence electrons. The van der Waals surface area contributed by atoms with Gasteiger partial charge in [-0.25, -0.2) is 4.79 Å². The normalized spacial score (nSPS) is 13.8. The van der Waals surface area contributed by atoms with Crippen LogP contribution in [0.4, 0.5) is 4.79 Å². The molecule has 0 aliphatic heterocycles. The lowest BCUT2D eigenvalue weighted by molar-refractivity contribution is -0.139. The number of nitrogens with one attached hydrogen (secondary N) is 2. The van der Waals surface area contributed by atoms with Crippen molar-refractivity contribution in [2.45, 2.75) is 78.1 Å². The first kappa shape index (κ1) is 27.8. The van der Waals surface area contributed by atoms with E-state index in [0.29, 0.717) is 12.0 Å². The third-order valence-corrected chi connectivity index (χ3v) is 4.73. The average molecular weight is 462 g/mol. The van der Waals surface area contributed by atoms with Gasteiger partial charge < -0.3 is 25.6 Å². The van der Waals surface area contributed by atoms with Gasteiger partial charge in [-0.3, -0.25) is 14.5 Å². The molecule has 0 aromatic heterocycles. The maximum absolute atomic E-state index is 13.2. The number of aliphatic hydroxyl groups excluding tert-OH is 1. The molecule has 9 nitrogen and oxygen atoms in total. The molecule has 0 saturated carbocycles. The van der Waals surface area contributed by atoms with Gasteiger partial charge in [0, 0.05) is 17.6 Å². The number of aromatic hydroxyl groups is 1. The summed E-state index contributed by atoms with van der Waals surface area (Å²) in [7, 11) is 0. The molecule has 33 heavy (non-hydrogen) atoms. The van der Waals surface area contributed by atoms with Crippen LogP contribution in [0, 0.1) is 19.4 Å². The number of nitrogens with zero attached hydrogens (tertiary/aromatic N) is 1. The van der Waals surface area contributed by atoms with E-state index in [1.54, 1.807) is 39.8 Å². The van der Waals surface area contributed by atoms with E-state index in [1.165, 1.54) is 6.07 Å². The Morgan fingerprint density at radius 2 is 1.88 bits per heavy atom. The number of amides is 3. The second-order valence-electron chi connectivity index (χ2n) is 8.83. The zero-order chi connectivity index (χ0) is 25.3. The quantitative estimate of drug-likeness (QED) is 0.330. The first-order valence-corrected chi connectivity index (χ1v) is 10.8. The van der Waals surface area contributed by atoms with Gasteiger partial charge in [-0.15, -0.1) is 0 Å². The largest absolute Gasteiger partial charge is 0.507 e. The number of para-hydroxylation sites is 1. The molecule has 0 saturated heterocycles. The highest BCUT2D eigenvalue weighted by Crippen LogP contribution is 2.32. The third kappa shape index (κ3) is 7.99. The van der Waals surface area contributed by atoms with Crippen molar-refractivity contribution < 1.29 is 29.3 Å². The van der Waals surface area contributed by atoms with Crippen molar-refractivity contribution in [2.75, 3.05) is 6.61 Å². The number of hydrogen-bond acceptors (Lipinski definition) is 6. The summed E-state index contributed by atoms with van der Waals surface area (Å²) in [4.78, 5) is 39.4. The molecule has 0 spiro atoms. The van der Waals surface area contributed by atoms with E-state index in [-0.39, 0.29) is 17.4 Å². The number of benzene rings is 1. The minimum Gasteiger partial charge on any atom is -0.507 e. The number of carbonyl (C=O) groups excluding carboxylic acids is 3. The van der Waals surface area contributed by atoms with Gasteiger partial charge in [0.2, 0.25) is 5.91 Å². The molecule has 3 atom stereocenters. The number of terminal acetylenes is 1. The van der Waals surface area contributed by atoms with E-state index in [4.69, 9.17) is 11.2 Å². The lowest BCUT2D eigenvalue weighted by Gasteiger charge is -2.31. The predicted molar refractivity (Wildman–Crippen MR) is 124 cm³/mol. The highest BCUT2D eigenvalue weighted by Gasteiger charge is 2.37. The second kappa shape index (κ2) is 12.1. The Balaban J connectivity index is 3.36. The maximum atomic E-state index is 13.2. The monoisotopic (exact) mass is 461 g/mol. The molecule has 0 radical (unpaired) electrons. The fourth-order valence-electron chi connectivity index (χ4n) is 3.20. The van der Waals surface area contributed by atoms with Crippen molar-refractivity contribution in [3.8, 4) is 18.2 Å². The number of hydrogen-bond donors (Lipinski definition) is 4. The Labute approximate surface area is 195 Å². The molecule has 0 heterocycles. The van der Waals surface area contributed by atoms with Crippen LogP contribution >= 0.6 is 0 Å². The third-order valence-electron chi connectivity index (χ3n) is 4.73. The van der Waals surface area contributed by atoms with Crippen LogP contribution in [0.2, 0.25) is 0 Å². The first-order chi connectivity index (χ1) is 15.4. The highest BCUT2D eigenvalue weighted by molar-refractivity contribution is 5.93. The van der Waals surface area contributed by atoms with Crippen molar-refractivity contribution in [1.29, 1.82) is 0 Å². The Bertz CT molecular complexity index is 887. The van der Waals surface area contributed by atoms with Crippen LogP contribution in [-0.4, -0.2) is 57.3 Å². The topological polar surface area (TPSA) is 128 Å². The molecular formula is C24H35N3O6. The molecule has 0 fully saturated rings. The van der Waals surface area contributed by atoms with Crippen molar-refractivity contribution in [2.24, 2.45) is 0 Å². The van der Waals surface area contributed by atoms with E-state index in [9.17, 15) is 24.6 Å². The Hall–Kier alpha value is -3.25. The van der Waals surface area contributed by atoms with E-state index in [0.717, 1.165) is 11.3 Å². The number of rotatable bonds is 9. The Kier molecular flexibility index (Phi) is 10.2. The van der Waals surface area contributed by atoms with Gasteiger partial charge in [0.1, 0.15) is 17.4 Å². The number of alkyl carbamates (subject to hydrolysis) is 1. The summed E-state index contributed by atoms with van der Waals surface area (Å²) in [5, 5.41) is 25.5. The molecule has 3 amide bonds. The first-order valence-electron chi connectivity index (χ1n) is 10.8. The van der Waals surface area contributed by atoms with Crippen molar-refractivity contribution in [3.05, 3.63) is 29.3 Å². The summed E-state index contributed by atoms with van der Waals surface area (Å²) in [5.41, 5.74) is -0.220. The maximum Gasteiger partial charge on any atom is 0.408 e. The molecule has 0 bridgehead atoms. The molecule has 0 aliphatic rings. The minimum atomic E-state index is -1.47. The van der Waals surface area contributed by atoms with Crippen LogP contribution in [-0.2, 0) is 14.3 Å².